The number of nitrogens with one attached hydrogen (secondary N) is 2. The van der Waals surface area contributed by atoms with Gasteiger partial charge in [-0.3, -0.25) is 0 Å². The molecule has 0 spiro atoms. The molecule has 1 aromatic heterocycles. The normalized spacial score (nSPS) is 10.2. The van der Waals surface area contributed by atoms with Crippen LogP contribution in [0.3, 0.4) is 0 Å². The molecule has 0 aliphatic rings. The van der Waals surface area contributed by atoms with Crippen LogP contribution < -0.4 is 15.4 Å². The van der Waals surface area contributed by atoms with E-state index in [2.05, 4.69) is 51.6 Å². The fraction of sp³-hybridized carbons (Fsp3) is 0.400. The zero-order chi connectivity index (χ0) is 15.1. The molecular formula is C15H21N5O. The molecule has 6 nitrogen and oxygen atoms in total. The lowest BCUT2D eigenvalue weighted by atomic mass is 10.1. The first-order chi connectivity index (χ1) is 10.2. The minimum Gasteiger partial charge on any atom is -0.467 e. The molecule has 0 fully saturated rings. The minimum atomic E-state index is 0.302. The van der Waals surface area contributed by atoms with E-state index in [1.807, 2.05) is 12.1 Å². The Labute approximate surface area is 125 Å². The topological polar surface area (TPSA) is 72.0 Å². The van der Waals surface area contributed by atoms with Crippen LogP contribution in [-0.2, 0) is 6.54 Å². The van der Waals surface area contributed by atoms with Crippen LogP contribution in [0.1, 0.15) is 24.5 Å². The number of aryl methyl sites for hydroxylation is 1. The van der Waals surface area contributed by atoms with Crippen LogP contribution in [0.4, 0.5) is 11.9 Å². The molecule has 1 heterocycles. The molecule has 1 aromatic carbocycles. The molecule has 0 amide bonds. The van der Waals surface area contributed by atoms with Crippen molar-refractivity contribution < 1.29 is 4.74 Å². The van der Waals surface area contributed by atoms with E-state index in [1.165, 1.54) is 11.1 Å². The number of methoxy groups -OCH3 is 1. The van der Waals surface area contributed by atoms with Gasteiger partial charge in [0, 0.05) is 13.1 Å². The molecule has 2 rings (SSSR count). The second-order valence-corrected chi connectivity index (χ2v) is 4.68. The molecule has 0 bridgehead atoms. The summed E-state index contributed by atoms with van der Waals surface area (Å²) >= 11 is 0. The van der Waals surface area contributed by atoms with Crippen molar-refractivity contribution in [2.75, 3.05) is 24.3 Å². The van der Waals surface area contributed by atoms with Crippen molar-refractivity contribution >= 4 is 11.9 Å². The highest BCUT2D eigenvalue weighted by molar-refractivity contribution is 5.37. The van der Waals surface area contributed by atoms with E-state index in [1.54, 1.807) is 7.11 Å². The van der Waals surface area contributed by atoms with Crippen molar-refractivity contribution in [2.24, 2.45) is 0 Å². The monoisotopic (exact) mass is 287 g/mol. The molecule has 0 saturated carbocycles. The van der Waals surface area contributed by atoms with Gasteiger partial charge in [0.1, 0.15) is 0 Å². The predicted molar refractivity (Wildman–Crippen MR) is 83.7 cm³/mol. The molecule has 0 saturated heterocycles. The summed E-state index contributed by atoms with van der Waals surface area (Å²) < 4.78 is 5.11. The van der Waals surface area contributed by atoms with Crippen LogP contribution in [0.5, 0.6) is 6.01 Å². The summed E-state index contributed by atoms with van der Waals surface area (Å²) in [7, 11) is 1.55. The molecule has 0 radical (unpaired) electrons. The van der Waals surface area contributed by atoms with E-state index < -0.39 is 0 Å². The van der Waals surface area contributed by atoms with Crippen LogP contribution >= 0.6 is 0 Å². The average Bonchev–Trinajstić information content (AvgIpc) is 2.52. The van der Waals surface area contributed by atoms with E-state index in [-0.39, 0.29) is 0 Å². The summed E-state index contributed by atoms with van der Waals surface area (Å²) in [4.78, 5) is 12.7. The van der Waals surface area contributed by atoms with Crippen molar-refractivity contribution in [1.82, 2.24) is 15.0 Å². The van der Waals surface area contributed by atoms with Gasteiger partial charge in [0.15, 0.2) is 0 Å². The van der Waals surface area contributed by atoms with Gasteiger partial charge in [0.25, 0.3) is 0 Å². The molecular weight excluding hydrogens is 266 g/mol. The maximum Gasteiger partial charge on any atom is 0.322 e. The molecule has 0 aliphatic carbocycles. The van der Waals surface area contributed by atoms with Gasteiger partial charge < -0.3 is 15.4 Å². The Morgan fingerprint density at radius 1 is 1.05 bits per heavy atom. The number of aromatic nitrogens is 3. The molecule has 6 heteroatoms. The largest absolute Gasteiger partial charge is 0.467 e. The number of nitrogens with zero attached hydrogens (tertiary/aromatic N) is 3. The summed E-state index contributed by atoms with van der Waals surface area (Å²) in [6.07, 6.45) is 1.000. The molecule has 2 N–H and O–H groups in total. The Bertz CT molecular complexity index is 588. The van der Waals surface area contributed by atoms with E-state index in [0.717, 1.165) is 13.0 Å². The molecule has 2 aromatic rings. The third kappa shape index (κ3) is 4.30. The highest BCUT2D eigenvalue weighted by Gasteiger charge is 2.06. The second-order valence-electron chi connectivity index (χ2n) is 4.68. The first-order valence-electron chi connectivity index (χ1n) is 7.05. The van der Waals surface area contributed by atoms with Gasteiger partial charge in [-0.2, -0.15) is 15.0 Å². The predicted octanol–water partition coefficient (Wildman–Crippen LogP) is 2.62. The van der Waals surface area contributed by atoms with Crippen LogP contribution in [0.25, 0.3) is 0 Å². The average molecular weight is 287 g/mol. The lowest BCUT2D eigenvalue weighted by molar-refractivity contribution is 0.379. The first-order valence-corrected chi connectivity index (χ1v) is 7.05. The van der Waals surface area contributed by atoms with Gasteiger partial charge in [-0.15, -0.1) is 0 Å². The van der Waals surface area contributed by atoms with Gasteiger partial charge in [-0.1, -0.05) is 31.2 Å². The molecule has 21 heavy (non-hydrogen) atoms. The number of anilines is 2. The summed E-state index contributed by atoms with van der Waals surface area (Å²) in [6.45, 7) is 5.64. The van der Waals surface area contributed by atoms with Crippen LogP contribution in [0.15, 0.2) is 24.3 Å². The zero-order valence-corrected chi connectivity index (χ0v) is 12.7. The summed E-state index contributed by atoms with van der Waals surface area (Å²) in [6, 6.07) is 8.51. The van der Waals surface area contributed by atoms with Gasteiger partial charge in [-0.25, -0.2) is 0 Å². The number of hydrogen-bond donors (Lipinski definition) is 2. The maximum absolute atomic E-state index is 5.11. The van der Waals surface area contributed by atoms with Crippen molar-refractivity contribution in [2.45, 2.75) is 26.8 Å². The Balaban J connectivity index is 2.09. The highest BCUT2D eigenvalue weighted by Crippen LogP contribution is 2.13. The lowest BCUT2D eigenvalue weighted by Crippen LogP contribution is -2.11. The lowest BCUT2D eigenvalue weighted by Gasteiger charge is -2.10. The fourth-order valence-electron chi connectivity index (χ4n) is 1.83. The summed E-state index contributed by atoms with van der Waals surface area (Å²) in [5.41, 5.74) is 2.44. The van der Waals surface area contributed by atoms with Crippen molar-refractivity contribution in [1.29, 1.82) is 0 Å². The van der Waals surface area contributed by atoms with Gasteiger partial charge in [0.05, 0.1) is 7.11 Å². The molecule has 112 valence electrons. The van der Waals surface area contributed by atoms with Crippen molar-refractivity contribution in [3.05, 3.63) is 35.4 Å². The SMILES string of the molecule is CCCNc1nc(NCc2ccccc2C)nc(OC)n1. The highest BCUT2D eigenvalue weighted by atomic mass is 16.5. The quantitative estimate of drug-likeness (QED) is 0.815. The number of hydrogen-bond acceptors (Lipinski definition) is 6. The van der Waals surface area contributed by atoms with E-state index >= 15 is 0 Å². The zero-order valence-electron chi connectivity index (χ0n) is 12.7. The maximum atomic E-state index is 5.11. The van der Waals surface area contributed by atoms with E-state index in [9.17, 15) is 0 Å². The summed E-state index contributed by atoms with van der Waals surface area (Å²) in [5, 5.41) is 6.35. The first kappa shape index (κ1) is 15.0. The van der Waals surface area contributed by atoms with Crippen molar-refractivity contribution in [3.8, 4) is 6.01 Å². The van der Waals surface area contributed by atoms with E-state index in [0.29, 0.717) is 24.5 Å². The smallest absolute Gasteiger partial charge is 0.322 e. The number of benzene rings is 1. The molecule has 0 unspecified atom stereocenters. The Kier molecular flexibility index (Phi) is 5.31. The number of rotatable bonds is 7. The Morgan fingerprint density at radius 2 is 1.76 bits per heavy atom. The van der Waals surface area contributed by atoms with Gasteiger partial charge >= 0.3 is 6.01 Å². The van der Waals surface area contributed by atoms with Crippen molar-refractivity contribution in [3.63, 3.8) is 0 Å². The second kappa shape index (κ2) is 7.42. The third-order valence-corrected chi connectivity index (χ3v) is 3.03. The van der Waals surface area contributed by atoms with Crippen LogP contribution in [-0.4, -0.2) is 28.6 Å². The van der Waals surface area contributed by atoms with Gasteiger partial charge in [-0.05, 0) is 24.5 Å². The van der Waals surface area contributed by atoms with Crippen LogP contribution in [0, 0.1) is 6.92 Å². The third-order valence-electron chi connectivity index (χ3n) is 3.03. The standard InChI is InChI=1S/C15H21N5O/c1-4-9-16-13-18-14(20-15(19-13)21-3)17-10-12-8-6-5-7-11(12)2/h5-8H,4,9-10H2,1-3H3,(H2,16,17,18,19,20). The fourth-order valence-corrected chi connectivity index (χ4v) is 1.83. The van der Waals surface area contributed by atoms with Crippen LogP contribution in [0.2, 0.25) is 0 Å². The summed E-state index contributed by atoms with van der Waals surface area (Å²) in [5.74, 6) is 1.03. The Hall–Kier alpha value is -2.37. The Morgan fingerprint density at radius 3 is 2.43 bits per heavy atom. The molecule has 0 aliphatic heterocycles. The number of ether oxygens (including phenoxy) is 1. The van der Waals surface area contributed by atoms with Gasteiger partial charge in [0.2, 0.25) is 11.9 Å². The van der Waals surface area contributed by atoms with E-state index in [4.69, 9.17) is 4.74 Å². The minimum absolute atomic E-state index is 0.302. The molecule has 0 atom stereocenters.